The van der Waals surface area contributed by atoms with Gasteiger partial charge in [0.25, 0.3) is 0 Å². The maximum absolute atomic E-state index is 5.09. The van der Waals surface area contributed by atoms with Crippen molar-refractivity contribution in [3.8, 4) is 5.69 Å². The first kappa shape index (κ1) is 17.2. The van der Waals surface area contributed by atoms with E-state index in [4.69, 9.17) is 12.2 Å². The van der Waals surface area contributed by atoms with Crippen LogP contribution in [0.3, 0.4) is 0 Å². The maximum Gasteiger partial charge on any atom is 0.186 e. The van der Waals surface area contributed by atoms with Crippen molar-refractivity contribution in [2.24, 2.45) is 5.10 Å². The Balaban J connectivity index is 2.21. The van der Waals surface area contributed by atoms with Gasteiger partial charge in [-0.3, -0.25) is 5.43 Å². The average molecular weight is 328 g/mol. The molecule has 0 saturated carbocycles. The first-order valence-electron chi connectivity index (χ1n) is 7.92. The summed E-state index contributed by atoms with van der Waals surface area (Å²) in [5.74, 6) is 0. The third-order valence-electron chi connectivity index (χ3n) is 3.78. The minimum Gasteiger partial charge on any atom is -0.362 e. The molecule has 5 heteroatoms. The second-order valence-corrected chi connectivity index (χ2v) is 5.82. The van der Waals surface area contributed by atoms with Crippen LogP contribution in [0.4, 0.5) is 0 Å². The van der Waals surface area contributed by atoms with Gasteiger partial charge in [-0.2, -0.15) is 5.10 Å². The van der Waals surface area contributed by atoms with Crippen molar-refractivity contribution in [2.75, 3.05) is 6.54 Å². The summed E-state index contributed by atoms with van der Waals surface area (Å²) in [6.07, 6.45) is 2.86. The molecule has 23 heavy (non-hydrogen) atoms. The van der Waals surface area contributed by atoms with Crippen LogP contribution >= 0.6 is 12.2 Å². The predicted molar refractivity (Wildman–Crippen MR) is 102 cm³/mol. The lowest BCUT2D eigenvalue weighted by Gasteiger charge is -2.10. The molecule has 122 valence electrons. The molecule has 0 bridgehead atoms. The first-order valence-corrected chi connectivity index (χ1v) is 8.32. The highest BCUT2D eigenvalue weighted by Crippen LogP contribution is 2.20. The van der Waals surface area contributed by atoms with Gasteiger partial charge in [0.1, 0.15) is 0 Å². The van der Waals surface area contributed by atoms with E-state index in [1.807, 2.05) is 13.1 Å². The van der Waals surface area contributed by atoms with E-state index in [0.717, 1.165) is 24.2 Å². The molecule has 0 radical (unpaired) electrons. The van der Waals surface area contributed by atoms with Gasteiger partial charge in [-0.15, -0.1) is 0 Å². The molecule has 0 saturated heterocycles. The highest BCUT2D eigenvalue weighted by Gasteiger charge is 2.09. The zero-order valence-corrected chi connectivity index (χ0v) is 15.0. The highest BCUT2D eigenvalue weighted by atomic mass is 32.1. The fourth-order valence-electron chi connectivity index (χ4n) is 2.56. The molecule has 1 aromatic heterocycles. The summed E-state index contributed by atoms with van der Waals surface area (Å²) in [5, 5.41) is 7.74. The van der Waals surface area contributed by atoms with Crippen molar-refractivity contribution in [1.29, 1.82) is 0 Å². The van der Waals surface area contributed by atoms with Crippen molar-refractivity contribution in [2.45, 2.75) is 34.1 Å². The Morgan fingerprint density at radius 2 is 1.91 bits per heavy atom. The third-order valence-corrected chi connectivity index (χ3v) is 4.02. The summed E-state index contributed by atoms with van der Waals surface area (Å²) >= 11 is 5.09. The molecule has 0 spiro atoms. The summed E-state index contributed by atoms with van der Waals surface area (Å²) in [6, 6.07) is 10.8. The van der Waals surface area contributed by atoms with Crippen LogP contribution in [-0.4, -0.2) is 22.4 Å². The van der Waals surface area contributed by atoms with Gasteiger partial charge < -0.3 is 9.88 Å². The number of aryl methyl sites for hydroxylation is 2. The Hall–Kier alpha value is -2.14. The largest absolute Gasteiger partial charge is 0.362 e. The highest BCUT2D eigenvalue weighted by molar-refractivity contribution is 7.80. The minimum absolute atomic E-state index is 0.535. The maximum atomic E-state index is 5.09. The quantitative estimate of drug-likeness (QED) is 0.502. The van der Waals surface area contributed by atoms with Crippen molar-refractivity contribution >= 4 is 23.5 Å². The van der Waals surface area contributed by atoms with Gasteiger partial charge >= 0.3 is 0 Å². The van der Waals surface area contributed by atoms with E-state index < -0.39 is 0 Å². The van der Waals surface area contributed by atoms with Crippen LogP contribution in [-0.2, 0) is 6.42 Å². The minimum atomic E-state index is 0.535. The number of nitrogens with zero attached hydrogens (tertiary/aromatic N) is 2. The Morgan fingerprint density at radius 1 is 1.22 bits per heavy atom. The van der Waals surface area contributed by atoms with Crippen LogP contribution in [0, 0.1) is 13.8 Å². The molecular weight excluding hydrogens is 304 g/mol. The number of aromatic nitrogens is 1. The van der Waals surface area contributed by atoms with Gasteiger partial charge in [-0.05, 0) is 63.2 Å². The SMILES string of the molecule is CCNC(=S)NN=Cc1cc(C)n(-c2ccc(CC)cc2)c1C. The molecule has 0 amide bonds. The number of hydrogen-bond donors (Lipinski definition) is 2. The van der Waals surface area contributed by atoms with Gasteiger partial charge in [-0.1, -0.05) is 19.1 Å². The molecule has 0 atom stereocenters. The van der Waals surface area contributed by atoms with Gasteiger partial charge in [0, 0.05) is 29.2 Å². The number of hydrazone groups is 1. The number of benzene rings is 1. The summed E-state index contributed by atoms with van der Waals surface area (Å²) in [6.45, 7) is 9.15. The van der Waals surface area contributed by atoms with Crippen LogP contribution in [0.1, 0.15) is 36.4 Å². The molecule has 0 aliphatic heterocycles. The molecule has 4 nitrogen and oxygen atoms in total. The van der Waals surface area contributed by atoms with E-state index in [1.54, 1.807) is 0 Å². The Labute approximate surface area is 143 Å². The Kier molecular flexibility index (Phi) is 5.93. The van der Waals surface area contributed by atoms with Crippen molar-refractivity contribution in [1.82, 2.24) is 15.3 Å². The van der Waals surface area contributed by atoms with E-state index in [-0.39, 0.29) is 0 Å². The second-order valence-electron chi connectivity index (χ2n) is 5.41. The number of hydrogen-bond acceptors (Lipinski definition) is 2. The van der Waals surface area contributed by atoms with E-state index in [1.165, 1.54) is 16.9 Å². The monoisotopic (exact) mass is 328 g/mol. The summed E-state index contributed by atoms with van der Waals surface area (Å²) in [7, 11) is 0. The van der Waals surface area contributed by atoms with E-state index in [0.29, 0.717) is 5.11 Å². The molecule has 0 aliphatic carbocycles. The molecular formula is C18H24N4S. The van der Waals surface area contributed by atoms with Crippen LogP contribution < -0.4 is 10.7 Å². The van der Waals surface area contributed by atoms with E-state index >= 15 is 0 Å². The first-order chi connectivity index (χ1) is 11.1. The van der Waals surface area contributed by atoms with Crippen LogP contribution in [0.2, 0.25) is 0 Å². The lowest BCUT2D eigenvalue weighted by molar-refractivity contribution is 0.903. The van der Waals surface area contributed by atoms with Crippen LogP contribution in [0.5, 0.6) is 0 Å². The molecule has 2 rings (SSSR count). The summed E-state index contributed by atoms with van der Waals surface area (Å²) in [4.78, 5) is 0. The molecule has 1 aromatic carbocycles. The van der Waals surface area contributed by atoms with Gasteiger partial charge in [0.05, 0.1) is 6.21 Å². The molecule has 0 unspecified atom stereocenters. The Bertz CT molecular complexity index is 699. The summed E-state index contributed by atoms with van der Waals surface area (Å²) < 4.78 is 2.24. The topological polar surface area (TPSA) is 41.4 Å². The van der Waals surface area contributed by atoms with Crippen LogP contribution in [0.15, 0.2) is 35.4 Å². The second kappa shape index (κ2) is 7.92. The molecule has 2 aromatic rings. The van der Waals surface area contributed by atoms with Crippen LogP contribution in [0.25, 0.3) is 5.69 Å². The number of nitrogens with one attached hydrogen (secondary N) is 2. The number of thiocarbonyl (C=S) groups is 1. The average Bonchev–Trinajstić information content (AvgIpc) is 2.82. The fraction of sp³-hybridized carbons (Fsp3) is 0.333. The van der Waals surface area contributed by atoms with E-state index in [2.05, 4.69) is 71.5 Å². The third kappa shape index (κ3) is 4.20. The fourth-order valence-corrected chi connectivity index (χ4v) is 2.75. The standard InChI is InChI=1S/C18H24N4S/c1-5-15-7-9-17(10-8-15)22-13(3)11-16(14(22)4)12-20-21-18(23)19-6-2/h7-12H,5-6H2,1-4H3,(H2,19,21,23). The molecule has 0 fully saturated rings. The molecule has 1 heterocycles. The Morgan fingerprint density at radius 3 is 2.52 bits per heavy atom. The van der Waals surface area contributed by atoms with Crippen molar-refractivity contribution in [3.63, 3.8) is 0 Å². The van der Waals surface area contributed by atoms with Gasteiger partial charge in [0.2, 0.25) is 0 Å². The zero-order valence-electron chi connectivity index (χ0n) is 14.2. The normalized spacial score (nSPS) is 11.0. The lowest BCUT2D eigenvalue weighted by atomic mass is 10.1. The van der Waals surface area contributed by atoms with E-state index in [9.17, 15) is 0 Å². The predicted octanol–water partition coefficient (Wildman–Crippen LogP) is 3.47. The van der Waals surface area contributed by atoms with Gasteiger partial charge in [-0.25, -0.2) is 0 Å². The zero-order chi connectivity index (χ0) is 16.8. The lowest BCUT2D eigenvalue weighted by Crippen LogP contribution is -2.31. The van der Waals surface area contributed by atoms with Crippen molar-refractivity contribution < 1.29 is 0 Å². The number of rotatable bonds is 5. The smallest absolute Gasteiger partial charge is 0.186 e. The summed E-state index contributed by atoms with van der Waals surface area (Å²) in [5.41, 5.74) is 8.76. The molecule has 0 aliphatic rings. The van der Waals surface area contributed by atoms with Gasteiger partial charge in [0.15, 0.2) is 5.11 Å². The molecule has 2 N–H and O–H groups in total. The van der Waals surface area contributed by atoms with Crippen molar-refractivity contribution in [3.05, 3.63) is 52.8 Å².